The highest BCUT2D eigenvalue weighted by atomic mass is 16.6. The molecule has 11 heteroatoms. The van der Waals surface area contributed by atoms with Crippen molar-refractivity contribution in [2.75, 3.05) is 72.1 Å². The summed E-state index contributed by atoms with van der Waals surface area (Å²) in [5.74, 6) is 0.664. The molecule has 0 atom stereocenters. The van der Waals surface area contributed by atoms with Gasteiger partial charge >= 0.3 is 6.09 Å². The third-order valence-electron chi connectivity index (χ3n) is 9.51. The number of aryl methyl sites for hydroxylation is 2. The van der Waals surface area contributed by atoms with Crippen molar-refractivity contribution in [1.82, 2.24) is 29.4 Å². The van der Waals surface area contributed by atoms with Crippen LogP contribution in [-0.2, 0) is 20.7 Å². The highest BCUT2D eigenvalue weighted by Gasteiger charge is 2.36. The van der Waals surface area contributed by atoms with Gasteiger partial charge < -0.3 is 24.2 Å². The van der Waals surface area contributed by atoms with Crippen molar-refractivity contribution >= 4 is 17.9 Å². The molecule has 5 rings (SSSR count). The molecular formula is C37H56N6O5. The van der Waals surface area contributed by atoms with Crippen LogP contribution in [0.25, 0.3) is 11.3 Å². The number of aromatic nitrogens is 2. The molecule has 0 bridgehead atoms. The van der Waals surface area contributed by atoms with Crippen molar-refractivity contribution in [2.45, 2.75) is 86.2 Å². The van der Waals surface area contributed by atoms with E-state index in [4.69, 9.17) is 14.6 Å². The SMILES string of the molecule is Cc1cc(C)cc(-c2c(CCN3CCN(CC(=O)N4CCCC4)CC3)c(OCC(C)(C)C(=O)N3CCCC3)nn2C(=O)OC(C)(C)C)c1. The standard InChI is InChI=1S/C37H56N6O5/c1-27-22-28(2)24-29(23-27)32-30(12-17-39-18-20-40(21-19-39)25-31(44)41-13-8-9-14-41)33(38-43(32)35(46)48-36(3,4)5)47-26-37(6,7)34(45)42-15-10-11-16-42/h22-24H,8-21,25-26H2,1-7H3. The summed E-state index contributed by atoms with van der Waals surface area (Å²) in [6.45, 7) is 21.5. The van der Waals surface area contributed by atoms with Crippen molar-refractivity contribution in [3.05, 3.63) is 34.9 Å². The summed E-state index contributed by atoms with van der Waals surface area (Å²) >= 11 is 0. The molecule has 3 aliphatic rings. The quantitative estimate of drug-likeness (QED) is 0.359. The van der Waals surface area contributed by atoms with Gasteiger partial charge in [-0.05, 0) is 92.7 Å². The number of amides is 2. The number of benzene rings is 1. The lowest BCUT2D eigenvalue weighted by Gasteiger charge is -2.35. The normalized spacial score (nSPS) is 18.1. The zero-order chi connectivity index (χ0) is 34.6. The van der Waals surface area contributed by atoms with Crippen molar-refractivity contribution < 1.29 is 23.9 Å². The van der Waals surface area contributed by atoms with E-state index in [1.807, 2.05) is 58.3 Å². The lowest BCUT2D eigenvalue weighted by Crippen LogP contribution is -2.50. The van der Waals surface area contributed by atoms with E-state index in [2.05, 4.69) is 28.0 Å². The number of carbonyl (C=O) groups excluding carboxylic acids is 3. The average Bonchev–Trinajstić information content (AvgIpc) is 3.80. The minimum absolute atomic E-state index is 0.0729. The van der Waals surface area contributed by atoms with Crippen LogP contribution >= 0.6 is 0 Å². The van der Waals surface area contributed by atoms with Gasteiger partial charge in [-0.1, -0.05) is 17.2 Å². The summed E-state index contributed by atoms with van der Waals surface area (Å²) in [5.41, 5.74) is 3.02. The monoisotopic (exact) mass is 664 g/mol. The Morgan fingerprint density at radius 2 is 1.33 bits per heavy atom. The largest absolute Gasteiger partial charge is 0.475 e. The van der Waals surface area contributed by atoms with E-state index < -0.39 is 17.1 Å². The van der Waals surface area contributed by atoms with E-state index >= 15 is 0 Å². The van der Waals surface area contributed by atoms with Crippen LogP contribution in [0.3, 0.4) is 0 Å². The molecule has 3 aliphatic heterocycles. The lowest BCUT2D eigenvalue weighted by molar-refractivity contribution is -0.140. The molecular weight excluding hydrogens is 608 g/mol. The summed E-state index contributed by atoms with van der Waals surface area (Å²) in [4.78, 5) is 48.4. The second-order valence-corrected chi connectivity index (χ2v) is 15.5. The van der Waals surface area contributed by atoms with Crippen molar-refractivity contribution in [2.24, 2.45) is 5.41 Å². The van der Waals surface area contributed by atoms with Gasteiger partial charge in [-0.25, -0.2) is 4.79 Å². The fraction of sp³-hybridized carbons (Fsp3) is 0.676. The molecule has 4 heterocycles. The molecule has 2 amide bonds. The van der Waals surface area contributed by atoms with Gasteiger partial charge in [0.15, 0.2) is 0 Å². The lowest BCUT2D eigenvalue weighted by atomic mass is 9.93. The van der Waals surface area contributed by atoms with Crippen molar-refractivity contribution in [3.8, 4) is 17.1 Å². The van der Waals surface area contributed by atoms with Gasteiger partial charge in [-0.3, -0.25) is 14.5 Å². The molecule has 0 radical (unpaired) electrons. The Bertz CT molecular complexity index is 1440. The summed E-state index contributed by atoms with van der Waals surface area (Å²) < 4.78 is 13.6. The molecule has 0 saturated carbocycles. The van der Waals surface area contributed by atoms with Gasteiger partial charge in [0.25, 0.3) is 0 Å². The molecule has 264 valence electrons. The minimum Gasteiger partial charge on any atom is -0.475 e. The van der Waals surface area contributed by atoms with Crippen molar-refractivity contribution in [1.29, 1.82) is 0 Å². The van der Waals surface area contributed by atoms with Crippen LogP contribution in [0, 0.1) is 19.3 Å². The summed E-state index contributed by atoms with van der Waals surface area (Å²) in [6, 6.07) is 6.24. The molecule has 0 unspecified atom stereocenters. The molecule has 0 aliphatic carbocycles. The van der Waals surface area contributed by atoms with Crippen LogP contribution in [0.2, 0.25) is 0 Å². The first kappa shape index (κ1) is 35.9. The highest BCUT2D eigenvalue weighted by Crippen LogP contribution is 2.35. The molecule has 3 saturated heterocycles. The minimum atomic E-state index is -0.764. The van der Waals surface area contributed by atoms with Gasteiger partial charge in [0.05, 0.1) is 17.7 Å². The van der Waals surface area contributed by atoms with Crippen LogP contribution in [0.4, 0.5) is 4.79 Å². The smallest absolute Gasteiger partial charge is 0.435 e. The van der Waals surface area contributed by atoms with Gasteiger partial charge in [0.1, 0.15) is 12.2 Å². The number of ether oxygens (including phenoxy) is 2. The third kappa shape index (κ3) is 8.96. The molecule has 1 aromatic heterocycles. The van der Waals surface area contributed by atoms with Gasteiger partial charge in [0.2, 0.25) is 17.7 Å². The van der Waals surface area contributed by atoms with E-state index in [-0.39, 0.29) is 18.4 Å². The number of hydrogen-bond acceptors (Lipinski definition) is 8. The second-order valence-electron chi connectivity index (χ2n) is 15.5. The number of rotatable bonds is 10. The zero-order valence-electron chi connectivity index (χ0n) is 30.3. The predicted octanol–water partition coefficient (Wildman–Crippen LogP) is 4.76. The number of nitrogens with zero attached hydrogens (tertiary/aromatic N) is 6. The maximum atomic E-state index is 13.7. The fourth-order valence-corrected chi connectivity index (χ4v) is 6.97. The average molecular weight is 665 g/mol. The third-order valence-corrected chi connectivity index (χ3v) is 9.51. The summed E-state index contributed by atoms with van der Waals surface area (Å²) in [6.07, 6.45) is 4.27. The van der Waals surface area contributed by atoms with Crippen LogP contribution in [0.15, 0.2) is 18.2 Å². The Morgan fingerprint density at radius 3 is 1.92 bits per heavy atom. The number of hydrogen-bond donors (Lipinski definition) is 0. The first-order valence-electron chi connectivity index (χ1n) is 17.8. The number of likely N-dealkylation sites (tertiary alicyclic amines) is 2. The van der Waals surface area contributed by atoms with E-state index in [1.165, 1.54) is 4.68 Å². The Morgan fingerprint density at radius 1 is 0.771 bits per heavy atom. The van der Waals surface area contributed by atoms with E-state index in [9.17, 15) is 14.4 Å². The number of piperazine rings is 1. The van der Waals surface area contributed by atoms with Gasteiger partial charge in [0, 0.05) is 70.0 Å². The Labute approximate surface area is 286 Å². The van der Waals surface area contributed by atoms with Gasteiger partial charge in [-0.2, -0.15) is 4.68 Å². The molecule has 2 aromatic rings. The molecule has 0 spiro atoms. The highest BCUT2D eigenvalue weighted by molar-refractivity contribution is 5.83. The Hall–Kier alpha value is -3.44. The van der Waals surface area contributed by atoms with Crippen LogP contribution < -0.4 is 4.74 Å². The van der Waals surface area contributed by atoms with Crippen LogP contribution in [0.5, 0.6) is 5.88 Å². The van der Waals surface area contributed by atoms with Crippen LogP contribution in [0.1, 0.15) is 77.0 Å². The summed E-state index contributed by atoms with van der Waals surface area (Å²) in [5, 5.41) is 4.76. The maximum absolute atomic E-state index is 13.7. The zero-order valence-corrected chi connectivity index (χ0v) is 30.3. The van der Waals surface area contributed by atoms with Crippen molar-refractivity contribution in [3.63, 3.8) is 0 Å². The van der Waals surface area contributed by atoms with Gasteiger partial charge in [-0.15, -0.1) is 5.10 Å². The maximum Gasteiger partial charge on any atom is 0.435 e. The van der Waals surface area contributed by atoms with Crippen LogP contribution in [-0.4, -0.2) is 125 Å². The molecule has 11 nitrogen and oxygen atoms in total. The second kappa shape index (κ2) is 15.0. The number of carbonyl (C=O) groups is 3. The molecule has 48 heavy (non-hydrogen) atoms. The summed E-state index contributed by atoms with van der Waals surface area (Å²) in [7, 11) is 0. The topological polar surface area (TPSA) is 100 Å². The first-order valence-corrected chi connectivity index (χ1v) is 17.8. The van der Waals surface area contributed by atoms with E-state index in [1.54, 1.807) is 0 Å². The Kier molecular flexibility index (Phi) is 11.2. The molecule has 1 aromatic carbocycles. The van der Waals surface area contributed by atoms with E-state index in [0.29, 0.717) is 24.5 Å². The van der Waals surface area contributed by atoms with E-state index in [0.717, 1.165) is 107 Å². The molecule has 0 N–H and O–H groups in total. The Balaban J connectivity index is 1.40. The first-order chi connectivity index (χ1) is 22.7. The molecule has 3 fully saturated rings. The predicted molar refractivity (Wildman–Crippen MR) is 186 cm³/mol. The fourth-order valence-electron chi connectivity index (χ4n) is 6.97.